The van der Waals surface area contributed by atoms with Crippen molar-refractivity contribution in [1.29, 1.82) is 0 Å². The van der Waals surface area contributed by atoms with E-state index in [-0.39, 0.29) is 26.5 Å². The Morgan fingerprint density at radius 2 is 2.27 bits per heavy atom. The molecule has 0 fully saturated rings. The summed E-state index contributed by atoms with van der Waals surface area (Å²) in [6.45, 7) is 0. The zero-order valence-corrected chi connectivity index (χ0v) is 8.97. The fourth-order valence-electron chi connectivity index (χ4n) is 0.498. The van der Waals surface area contributed by atoms with Gasteiger partial charge < -0.3 is 4.74 Å². The summed E-state index contributed by atoms with van der Waals surface area (Å²) in [5, 5.41) is -3.25. The molecule has 1 aliphatic rings. The zero-order valence-electron chi connectivity index (χ0n) is 5.23. The number of hydrogen-bond acceptors (Lipinski definition) is 1. The molecule has 0 saturated heterocycles. The van der Waals surface area contributed by atoms with Gasteiger partial charge in [-0.25, -0.2) is 0 Å². The molecule has 0 aromatic rings. The van der Waals surface area contributed by atoms with E-state index in [9.17, 15) is 8.78 Å². The highest BCUT2D eigenvalue weighted by atomic mass is 127. The smallest absolute Gasteiger partial charge is 0.423 e. The van der Waals surface area contributed by atoms with Crippen molar-refractivity contribution in [2.75, 3.05) is 0 Å². The second-order valence-corrected chi connectivity index (χ2v) is 4.65. The number of rotatable bonds is 2. The van der Waals surface area contributed by atoms with Crippen molar-refractivity contribution in [1.82, 2.24) is 0 Å². The minimum atomic E-state index is -3.25. The Hall–Kier alpha value is 0.220. The van der Waals surface area contributed by atoms with Crippen LogP contribution in [0.5, 0.6) is 0 Å². The van der Waals surface area contributed by atoms with Crippen LogP contribution in [-0.4, -0.2) is 9.03 Å². The highest BCUT2D eigenvalue weighted by molar-refractivity contribution is 14.2. The summed E-state index contributed by atoms with van der Waals surface area (Å²) < 4.78 is 32.1. The van der Waals surface area contributed by atoms with Crippen molar-refractivity contribution in [3.63, 3.8) is 0 Å². The average molecular weight is 337 g/mol. The van der Waals surface area contributed by atoms with Gasteiger partial charge in [-0.1, -0.05) is 26.8 Å². The maximum Gasteiger partial charge on any atom is 0.459 e. The van der Waals surface area contributed by atoms with Gasteiger partial charge in [0.05, 0.1) is 0 Å². The highest BCUT2D eigenvalue weighted by Crippen LogP contribution is 2.27. The van der Waals surface area contributed by atoms with Crippen molar-refractivity contribution in [2.24, 2.45) is 0 Å². The first-order chi connectivity index (χ1) is 5.08. The van der Waals surface area contributed by atoms with Crippen molar-refractivity contribution in [3.05, 3.63) is 22.0 Å². The number of allylic oxidation sites excluding steroid dienone is 3. The lowest BCUT2D eigenvalue weighted by molar-refractivity contribution is -0.118. The lowest BCUT2D eigenvalue weighted by Gasteiger charge is -2.11. The van der Waals surface area contributed by atoms with E-state index in [1.807, 2.05) is 4.08 Å². The van der Waals surface area contributed by atoms with E-state index in [1.54, 1.807) is 10.1 Å². The van der Waals surface area contributed by atoms with Crippen molar-refractivity contribution >= 4 is 40.7 Å². The van der Waals surface area contributed by atoms with Gasteiger partial charge in [-0.05, 0) is 10.2 Å². The average Bonchev–Trinajstić information content (AvgIpc) is 1.85. The first-order valence-corrected chi connectivity index (χ1v) is 5.94. The molecule has 0 aromatic heterocycles. The normalized spacial score (nSPS) is 17.2. The lowest BCUT2D eigenvalue weighted by atomic mass is 10.5. The van der Waals surface area contributed by atoms with Gasteiger partial charge in [0.25, 0.3) is 0 Å². The number of hydrogen-bond donors (Lipinski definition) is 0. The fourth-order valence-corrected chi connectivity index (χ4v) is 2.03. The van der Waals surface area contributed by atoms with E-state index in [0.717, 1.165) is 0 Å². The van der Waals surface area contributed by atoms with Gasteiger partial charge in [0.2, 0.25) is 0 Å². The van der Waals surface area contributed by atoms with Crippen molar-refractivity contribution in [3.8, 4) is 0 Å². The van der Waals surface area contributed by atoms with E-state index in [2.05, 4.69) is 20.7 Å². The molecule has 62 valence electrons. The summed E-state index contributed by atoms with van der Waals surface area (Å²) >= 11 is 1.85. The molecule has 0 aliphatic carbocycles. The molecule has 0 bridgehead atoms. The lowest BCUT2D eigenvalue weighted by Crippen LogP contribution is -2.11. The minimum Gasteiger partial charge on any atom is -0.423 e. The van der Waals surface area contributed by atoms with E-state index >= 15 is 0 Å². The van der Waals surface area contributed by atoms with Gasteiger partial charge in [0, 0.05) is 19.9 Å². The third-order valence-corrected chi connectivity index (χ3v) is 2.78. The molecule has 0 atom stereocenters. The molecule has 0 unspecified atom stereocenters. The molecule has 0 aromatic carbocycles. The van der Waals surface area contributed by atoms with Crippen molar-refractivity contribution < 1.29 is 13.5 Å². The Morgan fingerprint density at radius 3 is 2.73 bits per heavy atom. The summed E-state index contributed by atoms with van der Waals surface area (Å²) in [6.07, 6.45) is 3.24. The maximum absolute atomic E-state index is 12.1. The van der Waals surface area contributed by atoms with Gasteiger partial charge in [0.15, 0.2) is 0 Å². The van der Waals surface area contributed by atoms with Gasteiger partial charge >= 0.3 is 5.02 Å². The Morgan fingerprint density at radius 1 is 1.55 bits per heavy atom. The summed E-state index contributed by atoms with van der Waals surface area (Å²) in [4.78, 5) is 0. The molecule has 11 heavy (non-hydrogen) atoms. The zero-order chi connectivity index (χ0) is 8.32. The minimum absolute atomic E-state index is 0.233. The predicted molar refractivity (Wildman–Crippen MR) is 52.3 cm³/mol. The fraction of sp³-hybridized carbons (Fsp3) is 0.167. The van der Waals surface area contributed by atoms with Gasteiger partial charge in [-0.3, -0.25) is 0 Å². The molecule has 5 heteroatoms. The van der Waals surface area contributed by atoms with Crippen LogP contribution in [0.1, 0.15) is 0 Å². The largest absolute Gasteiger partial charge is 0.459 e. The van der Waals surface area contributed by atoms with Crippen LogP contribution >= 0.6 is 36.7 Å². The molecular weight excluding hydrogens is 333 g/mol. The molecule has 0 saturated carbocycles. The maximum atomic E-state index is 12.1. The first kappa shape index (κ1) is 9.31. The number of halogens is 4. The monoisotopic (exact) mass is 336 g/mol. The van der Waals surface area contributed by atoms with Gasteiger partial charge in [-0.15, -0.1) is 0 Å². The second kappa shape index (κ2) is 3.75. The van der Waals surface area contributed by atoms with Gasteiger partial charge in [-0.2, -0.15) is 8.78 Å². The van der Waals surface area contributed by atoms with Crippen LogP contribution in [0.3, 0.4) is 0 Å². The number of ether oxygens (including phenoxy) is 1. The standard InChI is InChI=1S/C6H4BrF2IO/c7-6(8,9)11-5-2-1-3-10-4-5/h1-4H. The topological polar surface area (TPSA) is 9.23 Å². The quantitative estimate of drug-likeness (QED) is 0.556. The predicted octanol–water partition coefficient (Wildman–Crippen LogP) is 3.13. The third kappa shape index (κ3) is 3.95. The third-order valence-electron chi connectivity index (χ3n) is 0.810. The summed E-state index contributed by atoms with van der Waals surface area (Å²) in [5.74, 6) is 0.238. The molecule has 1 aliphatic heterocycles. The molecule has 1 rings (SSSR count). The van der Waals surface area contributed by atoms with E-state index in [4.69, 9.17) is 0 Å². The van der Waals surface area contributed by atoms with E-state index in [1.165, 1.54) is 6.08 Å². The molecule has 0 spiro atoms. The van der Waals surface area contributed by atoms with Crippen molar-refractivity contribution in [2.45, 2.75) is 5.02 Å². The van der Waals surface area contributed by atoms with Crippen LogP contribution in [0.25, 0.3) is 0 Å². The Labute approximate surface area is 81.0 Å². The molecule has 1 nitrogen and oxygen atoms in total. The first-order valence-electron chi connectivity index (χ1n) is 2.66. The van der Waals surface area contributed by atoms with E-state index in [0.29, 0.717) is 0 Å². The molecule has 0 amide bonds. The number of alkyl halides is 3. The van der Waals surface area contributed by atoms with E-state index < -0.39 is 5.02 Å². The Balaban J connectivity index is 2.58. The highest BCUT2D eigenvalue weighted by Gasteiger charge is 2.26. The van der Waals surface area contributed by atoms with Crippen LogP contribution in [0, 0.1) is 0 Å². The Bertz CT molecular complexity index is 229. The second-order valence-electron chi connectivity index (χ2n) is 1.67. The summed E-state index contributed by atoms with van der Waals surface area (Å²) in [6, 6.07) is 0. The van der Waals surface area contributed by atoms with Crippen LogP contribution in [0.2, 0.25) is 0 Å². The molecular formula is C6H4BrF2IO. The molecule has 0 radical (unpaired) electrons. The molecule has 0 N–H and O–H groups in total. The van der Waals surface area contributed by atoms with Crippen LogP contribution in [0.15, 0.2) is 22.0 Å². The molecule has 1 heterocycles. The summed E-state index contributed by atoms with van der Waals surface area (Å²) in [7, 11) is 0. The summed E-state index contributed by atoms with van der Waals surface area (Å²) in [5.41, 5.74) is 0. The van der Waals surface area contributed by atoms with Crippen LogP contribution < -0.4 is 0 Å². The Kier molecular flexibility index (Phi) is 3.17. The van der Waals surface area contributed by atoms with Crippen LogP contribution in [0.4, 0.5) is 8.78 Å². The van der Waals surface area contributed by atoms with Crippen LogP contribution in [-0.2, 0) is 4.74 Å². The SMILES string of the molecule is FC(F)(Br)OC1=CC=CI=C1. The van der Waals surface area contributed by atoms with Gasteiger partial charge in [0.1, 0.15) is 5.76 Å².